The number of unbranched alkanes of at least 4 members (excludes halogenated alkanes) is 2. The Morgan fingerprint density at radius 2 is 1.58 bits per heavy atom. The molecule has 0 heterocycles. The molecule has 3 amide bonds. The average molecular weight is 609 g/mol. The highest BCUT2D eigenvalue weighted by Crippen LogP contribution is 2.23. The molecule has 0 saturated carbocycles. The van der Waals surface area contributed by atoms with Crippen molar-refractivity contribution in [3.8, 4) is 0 Å². The number of amides is 3. The lowest BCUT2D eigenvalue weighted by Gasteiger charge is -2.22. The Morgan fingerprint density at radius 1 is 0.860 bits per heavy atom. The molecule has 5 N–H and O–H groups in total. The van der Waals surface area contributed by atoms with E-state index in [4.69, 9.17) is 22.1 Å². The maximum atomic E-state index is 13.4. The first-order valence-corrected chi connectivity index (χ1v) is 14.6. The molecular formula is C32H37ClN4O6. The Balaban J connectivity index is 1.80. The highest BCUT2D eigenvalue weighted by molar-refractivity contribution is 6.45. The number of hydrogen-bond donors (Lipinski definition) is 4. The molecule has 3 aromatic carbocycles. The van der Waals surface area contributed by atoms with E-state index in [0.717, 1.165) is 23.6 Å². The number of hydrogen-bond acceptors (Lipinski definition) is 7. The molecule has 0 spiro atoms. The van der Waals surface area contributed by atoms with E-state index in [9.17, 15) is 24.0 Å². The van der Waals surface area contributed by atoms with Crippen LogP contribution in [-0.2, 0) is 19.1 Å². The molecule has 3 rings (SSSR count). The molecule has 10 nitrogen and oxygen atoms in total. The molecule has 0 bridgehead atoms. The van der Waals surface area contributed by atoms with Crippen LogP contribution >= 0.6 is 11.6 Å². The third-order valence-electron chi connectivity index (χ3n) is 6.91. The number of carbonyl (C=O) groups excluding carboxylic acids is 5. The van der Waals surface area contributed by atoms with E-state index in [0.29, 0.717) is 24.9 Å². The van der Waals surface area contributed by atoms with Crippen molar-refractivity contribution in [3.05, 3.63) is 76.8 Å². The standard InChI is InChI=1S/C32H37ClN4O6/c1-3-4-5-11-26(30(40)37-27(12-8-17-34)32(42)43-2)36-31(41)28(38)24-19-23(33)15-16-25(24)35-29(39)22-14-13-20-9-6-7-10-21(20)18-22/h6-7,9-10,13-16,18-19,26-27H,3-5,8,11-12,17,34H2,1-2H3,(H,35,39)(H,36,41)(H,37,40). The van der Waals surface area contributed by atoms with Gasteiger partial charge in [-0.3, -0.25) is 19.2 Å². The number of esters is 1. The summed E-state index contributed by atoms with van der Waals surface area (Å²) < 4.78 is 4.79. The van der Waals surface area contributed by atoms with Crippen LogP contribution in [0.4, 0.5) is 5.69 Å². The van der Waals surface area contributed by atoms with Crippen molar-refractivity contribution in [2.24, 2.45) is 5.73 Å². The lowest BCUT2D eigenvalue weighted by Crippen LogP contribution is -2.53. The lowest BCUT2D eigenvalue weighted by molar-refractivity contribution is -0.145. The molecular weight excluding hydrogens is 572 g/mol. The molecule has 2 unspecified atom stereocenters. The number of ether oxygens (including phenoxy) is 1. The van der Waals surface area contributed by atoms with Gasteiger partial charge in [0.15, 0.2) is 0 Å². The summed E-state index contributed by atoms with van der Waals surface area (Å²) in [7, 11) is 1.21. The fraction of sp³-hybridized carbons (Fsp3) is 0.344. The molecule has 43 heavy (non-hydrogen) atoms. The third kappa shape index (κ3) is 9.36. The molecule has 0 saturated heterocycles. The number of ketones is 1. The Labute approximate surface area is 255 Å². The number of carbonyl (C=O) groups is 5. The molecule has 0 aliphatic heterocycles. The van der Waals surface area contributed by atoms with E-state index >= 15 is 0 Å². The molecule has 11 heteroatoms. The fourth-order valence-electron chi connectivity index (χ4n) is 4.54. The number of nitrogens with two attached hydrogens (primary N) is 1. The van der Waals surface area contributed by atoms with E-state index in [-0.39, 0.29) is 29.1 Å². The molecule has 0 aromatic heterocycles. The first-order valence-electron chi connectivity index (χ1n) is 14.2. The minimum absolute atomic E-state index is 0.0854. The SMILES string of the molecule is CCCCCC(NC(=O)C(=O)c1cc(Cl)ccc1NC(=O)c1ccc2ccccc2c1)C(=O)NC(CCCN)C(=O)OC. The molecule has 0 aliphatic rings. The summed E-state index contributed by atoms with van der Waals surface area (Å²) in [5.74, 6) is -3.79. The minimum atomic E-state index is -1.09. The zero-order chi connectivity index (χ0) is 31.4. The number of anilines is 1. The number of methoxy groups -OCH3 is 1. The third-order valence-corrected chi connectivity index (χ3v) is 7.14. The maximum absolute atomic E-state index is 13.4. The average Bonchev–Trinajstić information content (AvgIpc) is 3.02. The summed E-state index contributed by atoms with van der Waals surface area (Å²) in [4.78, 5) is 65.1. The van der Waals surface area contributed by atoms with Crippen molar-refractivity contribution in [3.63, 3.8) is 0 Å². The quantitative estimate of drug-likeness (QED) is 0.0862. The summed E-state index contributed by atoms with van der Waals surface area (Å²) in [6.45, 7) is 2.30. The van der Waals surface area contributed by atoms with Crippen LogP contribution in [0.15, 0.2) is 60.7 Å². The van der Waals surface area contributed by atoms with E-state index in [2.05, 4.69) is 16.0 Å². The van der Waals surface area contributed by atoms with Gasteiger partial charge in [-0.25, -0.2) is 4.79 Å². The van der Waals surface area contributed by atoms with Crippen molar-refractivity contribution in [2.75, 3.05) is 19.0 Å². The van der Waals surface area contributed by atoms with Gasteiger partial charge in [-0.15, -0.1) is 0 Å². The van der Waals surface area contributed by atoms with E-state index < -0.39 is 41.6 Å². The van der Waals surface area contributed by atoms with Crippen LogP contribution in [0.5, 0.6) is 0 Å². The van der Waals surface area contributed by atoms with Gasteiger partial charge in [0.05, 0.1) is 18.4 Å². The van der Waals surface area contributed by atoms with Gasteiger partial charge in [0, 0.05) is 10.6 Å². The van der Waals surface area contributed by atoms with Crippen LogP contribution in [0, 0.1) is 0 Å². The van der Waals surface area contributed by atoms with Crippen molar-refractivity contribution < 1.29 is 28.7 Å². The highest BCUT2D eigenvalue weighted by Gasteiger charge is 2.30. The van der Waals surface area contributed by atoms with Crippen LogP contribution in [0.2, 0.25) is 5.02 Å². The van der Waals surface area contributed by atoms with Gasteiger partial charge in [0.25, 0.3) is 17.6 Å². The summed E-state index contributed by atoms with van der Waals surface area (Å²) in [6.07, 6.45) is 3.22. The van der Waals surface area contributed by atoms with Gasteiger partial charge >= 0.3 is 5.97 Å². The topological polar surface area (TPSA) is 157 Å². The summed E-state index contributed by atoms with van der Waals surface area (Å²) in [6, 6.07) is 14.9. The zero-order valence-corrected chi connectivity index (χ0v) is 25.0. The van der Waals surface area contributed by atoms with Crippen LogP contribution in [-0.4, -0.2) is 55.2 Å². The van der Waals surface area contributed by atoms with E-state index in [1.165, 1.54) is 25.3 Å². The number of nitrogens with one attached hydrogen (secondary N) is 3. The molecule has 0 aliphatic carbocycles. The number of benzene rings is 3. The number of fused-ring (bicyclic) bond motifs is 1. The van der Waals surface area contributed by atoms with Gasteiger partial charge in [-0.1, -0.05) is 68.1 Å². The van der Waals surface area contributed by atoms with Gasteiger partial charge in [-0.2, -0.15) is 0 Å². The Morgan fingerprint density at radius 3 is 2.28 bits per heavy atom. The summed E-state index contributed by atoms with van der Waals surface area (Å²) in [5.41, 5.74) is 5.87. The molecule has 3 aromatic rings. The number of rotatable bonds is 15. The molecule has 0 radical (unpaired) electrons. The summed E-state index contributed by atoms with van der Waals surface area (Å²) >= 11 is 6.15. The largest absolute Gasteiger partial charge is 0.467 e. The Bertz CT molecular complexity index is 1480. The number of halogens is 1. The smallest absolute Gasteiger partial charge is 0.328 e. The number of Topliss-reactive ketones (excluding diaryl/α,β-unsaturated/α-hetero) is 1. The molecule has 228 valence electrons. The maximum Gasteiger partial charge on any atom is 0.328 e. The monoisotopic (exact) mass is 608 g/mol. The van der Waals surface area contributed by atoms with Crippen molar-refractivity contribution in [1.82, 2.24) is 10.6 Å². The fourth-order valence-corrected chi connectivity index (χ4v) is 4.71. The minimum Gasteiger partial charge on any atom is -0.467 e. The van der Waals surface area contributed by atoms with E-state index in [1.807, 2.05) is 37.3 Å². The summed E-state index contributed by atoms with van der Waals surface area (Å²) in [5, 5.41) is 9.84. The molecule has 2 atom stereocenters. The predicted octanol–water partition coefficient (Wildman–Crippen LogP) is 4.39. The normalized spacial score (nSPS) is 12.2. The van der Waals surface area contributed by atoms with Crippen LogP contribution in [0.3, 0.4) is 0 Å². The van der Waals surface area contributed by atoms with Gasteiger partial charge < -0.3 is 26.4 Å². The van der Waals surface area contributed by atoms with E-state index in [1.54, 1.807) is 12.1 Å². The first kappa shape index (κ1) is 33.2. The first-order chi connectivity index (χ1) is 20.7. The van der Waals surface area contributed by atoms with Crippen LogP contribution < -0.4 is 21.7 Å². The van der Waals surface area contributed by atoms with Crippen LogP contribution in [0.1, 0.15) is 66.2 Å². The lowest BCUT2D eigenvalue weighted by atomic mass is 10.0. The second kappa shape index (κ2) is 16.4. The van der Waals surface area contributed by atoms with Crippen molar-refractivity contribution in [2.45, 2.75) is 57.5 Å². The second-order valence-electron chi connectivity index (χ2n) is 10.1. The predicted molar refractivity (Wildman–Crippen MR) is 166 cm³/mol. The highest BCUT2D eigenvalue weighted by atomic mass is 35.5. The Hall–Kier alpha value is -4.28. The molecule has 0 fully saturated rings. The van der Waals surface area contributed by atoms with Crippen LogP contribution in [0.25, 0.3) is 10.8 Å². The van der Waals surface area contributed by atoms with Gasteiger partial charge in [-0.05, 0) is 66.9 Å². The zero-order valence-electron chi connectivity index (χ0n) is 24.3. The van der Waals surface area contributed by atoms with Crippen molar-refractivity contribution in [1.29, 1.82) is 0 Å². The van der Waals surface area contributed by atoms with Crippen molar-refractivity contribution >= 4 is 57.5 Å². The Kier molecular flexibility index (Phi) is 12.7. The second-order valence-corrected chi connectivity index (χ2v) is 10.5. The van der Waals surface area contributed by atoms with Gasteiger partial charge in [0.2, 0.25) is 5.91 Å². The van der Waals surface area contributed by atoms with Gasteiger partial charge in [0.1, 0.15) is 12.1 Å².